The first-order chi connectivity index (χ1) is 10.2. The molecule has 7 nitrogen and oxygen atoms in total. The Balaban J connectivity index is 1.81. The van der Waals surface area contributed by atoms with Crippen molar-refractivity contribution in [1.29, 1.82) is 0 Å². The van der Waals surface area contributed by atoms with E-state index in [1.807, 2.05) is 6.07 Å². The molecule has 0 unspecified atom stereocenters. The monoisotopic (exact) mass is 291 g/mol. The van der Waals surface area contributed by atoms with Crippen molar-refractivity contribution in [3.63, 3.8) is 0 Å². The van der Waals surface area contributed by atoms with Gasteiger partial charge in [0.15, 0.2) is 0 Å². The van der Waals surface area contributed by atoms with Crippen LogP contribution in [0.5, 0.6) is 0 Å². The van der Waals surface area contributed by atoms with Crippen LogP contribution in [0.1, 0.15) is 24.8 Å². The molecule has 7 heteroatoms. The predicted octanol–water partition coefficient (Wildman–Crippen LogP) is 1.03. The molecule has 1 N–H and O–H groups in total. The topological polar surface area (TPSA) is 76.2 Å². The molecule has 2 aromatic rings. The van der Waals surface area contributed by atoms with E-state index in [1.54, 1.807) is 35.2 Å². The van der Waals surface area contributed by atoms with Crippen LogP contribution in [-0.4, -0.2) is 39.4 Å². The molecular formula is C14H21N5O2. The van der Waals surface area contributed by atoms with E-state index in [0.29, 0.717) is 13.1 Å². The average Bonchev–Trinajstić information content (AvgIpc) is 3.11. The molecule has 2 rings (SSSR count). The van der Waals surface area contributed by atoms with Crippen LogP contribution in [0.15, 0.2) is 29.0 Å². The van der Waals surface area contributed by atoms with Crippen molar-refractivity contribution in [3.05, 3.63) is 36.0 Å². The summed E-state index contributed by atoms with van der Waals surface area (Å²) in [5.74, 6) is 0.721. The van der Waals surface area contributed by atoms with Crippen LogP contribution in [0.25, 0.3) is 0 Å². The molecule has 0 spiro atoms. The van der Waals surface area contributed by atoms with Gasteiger partial charge in [-0.3, -0.25) is 4.79 Å². The van der Waals surface area contributed by atoms with Gasteiger partial charge >= 0.3 is 0 Å². The third kappa shape index (κ3) is 4.71. The standard InChI is InChI=1S/C14H21N5O2/c1-3-6-15-8-12-9-19(17-16-12)11-14(20)18(2)10-13-5-4-7-21-13/h4-5,7,9,15H,3,6,8,10-11H2,1-2H3. The maximum absolute atomic E-state index is 12.1. The summed E-state index contributed by atoms with van der Waals surface area (Å²) in [4.78, 5) is 13.7. The molecule has 0 radical (unpaired) electrons. The van der Waals surface area contributed by atoms with E-state index in [0.717, 1.165) is 24.4 Å². The van der Waals surface area contributed by atoms with Crippen LogP contribution < -0.4 is 5.32 Å². The number of carbonyl (C=O) groups is 1. The van der Waals surface area contributed by atoms with Crippen molar-refractivity contribution in [2.45, 2.75) is 33.0 Å². The fourth-order valence-electron chi connectivity index (χ4n) is 1.87. The average molecular weight is 291 g/mol. The van der Waals surface area contributed by atoms with Gasteiger partial charge < -0.3 is 14.6 Å². The third-order valence-electron chi connectivity index (χ3n) is 3.02. The summed E-state index contributed by atoms with van der Waals surface area (Å²) in [6, 6.07) is 3.65. The van der Waals surface area contributed by atoms with Gasteiger partial charge in [0.1, 0.15) is 12.3 Å². The summed E-state index contributed by atoms with van der Waals surface area (Å²) in [6.07, 6.45) is 4.46. The van der Waals surface area contributed by atoms with E-state index in [-0.39, 0.29) is 12.5 Å². The van der Waals surface area contributed by atoms with Gasteiger partial charge in [0.05, 0.1) is 24.7 Å². The second-order valence-corrected chi connectivity index (χ2v) is 4.91. The second-order valence-electron chi connectivity index (χ2n) is 4.91. The molecule has 2 heterocycles. The summed E-state index contributed by atoms with van der Waals surface area (Å²) in [7, 11) is 1.74. The molecule has 0 aromatic carbocycles. The van der Waals surface area contributed by atoms with Gasteiger partial charge in [-0.15, -0.1) is 5.10 Å². The summed E-state index contributed by atoms with van der Waals surface area (Å²) >= 11 is 0. The SMILES string of the molecule is CCCNCc1cn(CC(=O)N(C)Cc2ccco2)nn1. The zero-order chi connectivity index (χ0) is 15.1. The molecule has 1 amide bonds. The first-order valence-electron chi connectivity index (χ1n) is 7.05. The molecule has 2 aromatic heterocycles. The second kappa shape index (κ2) is 7.58. The number of hydrogen-bond acceptors (Lipinski definition) is 5. The molecule has 0 fully saturated rings. The van der Waals surface area contributed by atoms with Crippen LogP contribution in [0.2, 0.25) is 0 Å². The number of likely N-dealkylation sites (N-methyl/N-ethyl adjacent to an activating group) is 1. The van der Waals surface area contributed by atoms with E-state index in [2.05, 4.69) is 22.6 Å². The summed E-state index contributed by atoms with van der Waals surface area (Å²) in [5, 5.41) is 11.3. The lowest BCUT2D eigenvalue weighted by molar-refractivity contribution is -0.131. The Morgan fingerprint density at radius 1 is 1.52 bits per heavy atom. The third-order valence-corrected chi connectivity index (χ3v) is 3.02. The maximum atomic E-state index is 12.1. The Bertz CT molecular complexity index is 549. The molecule has 21 heavy (non-hydrogen) atoms. The molecular weight excluding hydrogens is 270 g/mol. The van der Waals surface area contributed by atoms with Crippen molar-refractivity contribution in [3.8, 4) is 0 Å². The van der Waals surface area contributed by atoms with Gasteiger partial charge in [-0.05, 0) is 25.1 Å². The Morgan fingerprint density at radius 3 is 3.10 bits per heavy atom. The minimum Gasteiger partial charge on any atom is -0.467 e. The molecule has 0 aliphatic carbocycles. The quantitative estimate of drug-likeness (QED) is 0.735. The number of furan rings is 1. The zero-order valence-electron chi connectivity index (χ0n) is 12.5. The lowest BCUT2D eigenvalue weighted by Crippen LogP contribution is -2.29. The number of rotatable bonds is 8. The lowest BCUT2D eigenvalue weighted by Gasteiger charge is -2.15. The van der Waals surface area contributed by atoms with Crippen molar-refractivity contribution in [1.82, 2.24) is 25.2 Å². The van der Waals surface area contributed by atoms with Crippen molar-refractivity contribution >= 4 is 5.91 Å². The van der Waals surface area contributed by atoms with E-state index >= 15 is 0 Å². The van der Waals surface area contributed by atoms with Crippen molar-refractivity contribution in [2.75, 3.05) is 13.6 Å². The maximum Gasteiger partial charge on any atom is 0.244 e. The van der Waals surface area contributed by atoms with Crippen LogP contribution in [0.4, 0.5) is 0 Å². The van der Waals surface area contributed by atoms with Crippen LogP contribution in [-0.2, 0) is 24.4 Å². The van der Waals surface area contributed by atoms with Gasteiger partial charge in [-0.25, -0.2) is 4.68 Å². The summed E-state index contributed by atoms with van der Waals surface area (Å²) in [5.41, 5.74) is 0.838. The highest BCUT2D eigenvalue weighted by Crippen LogP contribution is 2.04. The number of amides is 1. The van der Waals surface area contributed by atoms with Crippen molar-refractivity contribution in [2.24, 2.45) is 0 Å². The fraction of sp³-hybridized carbons (Fsp3) is 0.500. The van der Waals surface area contributed by atoms with Crippen LogP contribution in [0, 0.1) is 0 Å². The summed E-state index contributed by atoms with van der Waals surface area (Å²) < 4.78 is 6.79. The molecule has 0 atom stereocenters. The number of carbonyl (C=O) groups excluding carboxylic acids is 1. The molecule has 0 aliphatic rings. The van der Waals surface area contributed by atoms with Gasteiger partial charge in [-0.2, -0.15) is 0 Å². The molecule has 0 saturated carbocycles. The Hall–Kier alpha value is -2.15. The molecule has 0 aliphatic heterocycles. The van der Waals surface area contributed by atoms with Gasteiger partial charge in [0.25, 0.3) is 0 Å². The highest BCUT2D eigenvalue weighted by Gasteiger charge is 2.12. The number of nitrogens with zero attached hydrogens (tertiary/aromatic N) is 4. The minimum absolute atomic E-state index is 0.0376. The Kier molecular flexibility index (Phi) is 5.51. The first kappa shape index (κ1) is 15.2. The van der Waals surface area contributed by atoms with E-state index in [1.165, 1.54) is 0 Å². The number of nitrogens with one attached hydrogen (secondary N) is 1. The summed E-state index contributed by atoms with van der Waals surface area (Å²) in [6.45, 7) is 4.35. The highest BCUT2D eigenvalue weighted by atomic mass is 16.3. The van der Waals surface area contributed by atoms with E-state index < -0.39 is 0 Å². The van der Waals surface area contributed by atoms with E-state index in [9.17, 15) is 4.79 Å². The zero-order valence-corrected chi connectivity index (χ0v) is 12.5. The van der Waals surface area contributed by atoms with Crippen LogP contribution in [0.3, 0.4) is 0 Å². The molecule has 114 valence electrons. The normalized spacial score (nSPS) is 10.8. The largest absolute Gasteiger partial charge is 0.467 e. The number of hydrogen-bond donors (Lipinski definition) is 1. The smallest absolute Gasteiger partial charge is 0.244 e. The van der Waals surface area contributed by atoms with Gasteiger partial charge in [-0.1, -0.05) is 12.1 Å². The van der Waals surface area contributed by atoms with Gasteiger partial charge in [0, 0.05) is 13.6 Å². The highest BCUT2D eigenvalue weighted by molar-refractivity contribution is 5.75. The predicted molar refractivity (Wildman–Crippen MR) is 77.2 cm³/mol. The fourth-order valence-corrected chi connectivity index (χ4v) is 1.87. The van der Waals surface area contributed by atoms with Crippen molar-refractivity contribution < 1.29 is 9.21 Å². The molecule has 0 bridgehead atoms. The Labute approximate surface area is 123 Å². The Morgan fingerprint density at radius 2 is 2.38 bits per heavy atom. The minimum atomic E-state index is -0.0376. The molecule has 0 saturated heterocycles. The van der Waals surface area contributed by atoms with Gasteiger partial charge in [0.2, 0.25) is 5.91 Å². The number of aromatic nitrogens is 3. The lowest BCUT2D eigenvalue weighted by atomic mass is 10.4. The first-order valence-corrected chi connectivity index (χ1v) is 7.05. The van der Waals surface area contributed by atoms with Crippen LogP contribution >= 0.6 is 0 Å². The van der Waals surface area contributed by atoms with E-state index in [4.69, 9.17) is 4.42 Å².